The zero-order valence-electron chi connectivity index (χ0n) is 50.5. The number of phenolic OH excluding ortho intramolecular Hbond substituents is 2. The van der Waals surface area contributed by atoms with Gasteiger partial charge in [-0.15, -0.1) is 10.2 Å². The lowest BCUT2D eigenvalue weighted by atomic mass is 9.99. The van der Waals surface area contributed by atoms with Crippen LogP contribution in [0.5, 0.6) is 11.5 Å². The van der Waals surface area contributed by atoms with Crippen LogP contribution in [-0.2, 0) is 24.3 Å². The van der Waals surface area contributed by atoms with E-state index in [9.17, 15) is 15.0 Å². The largest absolute Gasteiger partial charge is 0.505 e. The third-order valence-corrected chi connectivity index (χ3v) is 17.0. The molecule has 15 rings (SSSR count). The maximum atomic E-state index is 14.6. The lowest BCUT2D eigenvalue weighted by molar-refractivity contribution is 0.102. The molecular weight excluding hydrogens is 1160 g/mol. The summed E-state index contributed by atoms with van der Waals surface area (Å²) in [4.78, 5) is 30.0. The van der Waals surface area contributed by atoms with Crippen molar-refractivity contribution in [2.45, 2.75) is 33.8 Å². The molecule has 0 bridgehead atoms. The van der Waals surface area contributed by atoms with Crippen molar-refractivity contribution in [3.05, 3.63) is 295 Å². The molecule has 0 atom stereocenters. The van der Waals surface area contributed by atoms with Crippen LogP contribution in [0.2, 0.25) is 0 Å². The van der Waals surface area contributed by atoms with Gasteiger partial charge in [-0.3, -0.25) is 15.1 Å². The van der Waals surface area contributed by atoms with Gasteiger partial charge >= 0.3 is 0 Å². The number of anilines is 7. The van der Waals surface area contributed by atoms with Crippen molar-refractivity contribution in [1.82, 2.24) is 9.97 Å². The van der Waals surface area contributed by atoms with Crippen LogP contribution in [0.15, 0.2) is 287 Å². The quantitative estimate of drug-likeness (QED) is 0.0329. The molecule has 14 heteroatoms. The number of hydrogen-bond donors (Lipinski definition) is 7. The van der Waals surface area contributed by atoms with E-state index in [0.29, 0.717) is 45.5 Å². The van der Waals surface area contributed by atoms with E-state index in [2.05, 4.69) is 121 Å². The molecule has 2 heterocycles. The summed E-state index contributed by atoms with van der Waals surface area (Å²) in [6, 6.07) is 87.6. The number of phenols is 2. The Bertz CT molecular complexity index is 5320. The summed E-state index contributed by atoms with van der Waals surface area (Å²) < 4.78 is 0. The van der Waals surface area contributed by atoms with Crippen molar-refractivity contribution >= 4 is 134 Å². The highest BCUT2D eigenvalue weighted by Gasteiger charge is 2.24. The third-order valence-electron chi connectivity index (χ3n) is 17.0. The van der Waals surface area contributed by atoms with Crippen molar-refractivity contribution in [1.29, 1.82) is 0 Å². The number of aromatic nitrogens is 2. The summed E-state index contributed by atoms with van der Waals surface area (Å²) >= 11 is 0. The SMILES string of the molecule is C.CCc1ccccc1NOCc1cc2ccc3c4ccccc4[nH]c3c2c(N=Nc2ccc(Nc3ccc(N=Nc4c(O)c(C(=O)Nc5ccccc5Cc5ccc(N(c6ccccc6)c6ccccc6)cc5)cc5ccc6c7ccccc7[nH]c6c45)cc3)cc2)c1O. The molecule has 0 aliphatic rings. The number of nitrogens with one attached hydrogen (secondary N) is 5. The second-order valence-electron chi connectivity index (χ2n) is 22.8. The molecule has 13 aromatic carbocycles. The predicted molar refractivity (Wildman–Crippen MR) is 384 cm³/mol. The normalized spacial score (nSPS) is 11.6. The molecule has 0 unspecified atom stereocenters. The van der Waals surface area contributed by atoms with Crippen molar-refractivity contribution in [2.24, 2.45) is 20.5 Å². The Morgan fingerprint density at radius 3 is 1.53 bits per heavy atom. The zero-order valence-corrected chi connectivity index (χ0v) is 50.5. The van der Waals surface area contributed by atoms with Gasteiger partial charge in [-0.25, -0.2) is 0 Å². The number of carbonyl (C=O) groups excluding carboxylic acids is 1. The van der Waals surface area contributed by atoms with Gasteiger partial charge in [-0.2, -0.15) is 10.2 Å². The number of hydrogen-bond acceptors (Lipinski definition) is 11. The number of aromatic hydroxyl groups is 2. The summed E-state index contributed by atoms with van der Waals surface area (Å²) in [5.74, 6) is -0.823. The lowest BCUT2D eigenvalue weighted by Gasteiger charge is -2.25. The highest BCUT2D eigenvalue weighted by Crippen LogP contribution is 2.47. The smallest absolute Gasteiger partial charge is 0.259 e. The van der Waals surface area contributed by atoms with Crippen molar-refractivity contribution in [3.8, 4) is 11.5 Å². The van der Waals surface area contributed by atoms with E-state index < -0.39 is 5.91 Å². The first kappa shape index (κ1) is 59.2. The second kappa shape index (κ2) is 25.8. The second-order valence-corrected chi connectivity index (χ2v) is 22.8. The molecule has 1 amide bonds. The summed E-state index contributed by atoms with van der Waals surface area (Å²) in [6.45, 7) is 2.16. The molecule has 7 N–H and O–H groups in total. The number of fused-ring (bicyclic) bond motifs is 10. The van der Waals surface area contributed by atoms with Crippen LogP contribution in [-0.4, -0.2) is 26.1 Å². The van der Waals surface area contributed by atoms with E-state index in [-0.39, 0.29) is 36.8 Å². The van der Waals surface area contributed by atoms with Crippen LogP contribution in [0, 0.1) is 0 Å². The minimum atomic E-state index is -0.493. The minimum absolute atomic E-state index is 0. The lowest BCUT2D eigenvalue weighted by Crippen LogP contribution is -2.14. The van der Waals surface area contributed by atoms with Crippen LogP contribution in [0.1, 0.15) is 47.0 Å². The summed E-state index contributed by atoms with van der Waals surface area (Å²) in [6.07, 6.45) is 1.38. The molecular formula is C80H64N10O4. The molecule has 15 aromatic rings. The van der Waals surface area contributed by atoms with Crippen LogP contribution < -0.4 is 21.0 Å². The predicted octanol–water partition coefficient (Wildman–Crippen LogP) is 22.3. The van der Waals surface area contributed by atoms with Gasteiger partial charge in [0.15, 0.2) is 5.75 Å². The molecule has 0 saturated heterocycles. The van der Waals surface area contributed by atoms with E-state index in [0.717, 1.165) is 112 Å². The Kier molecular flexibility index (Phi) is 16.3. The Labute approximate surface area is 542 Å². The molecule has 458 valence electrons. The summed E-state index contributed by atoms with van der Waals surface area (Å²) in [5, 5.41) is 56.8. The maximum absolute atomic E-state index is 14.6. The van der Waals surface area contributed by atoms with E-state index in [1.165, 1.54) is 0 Å². The Morgan fingerprint density at radius 2 is 0.957 bits per heavy atom. The van der Waals surface area contributed by atoms with E-state index in [1.807, 2.05) is 188 Å². The molecule has 0 radical (unpaired) electrons. The van der Waals surface area contributed by atoms with Gasteiger partial charge in [0, 0.05) is 83.0 Å². The molecule has 0 saturated carbocycles. The number of H-pyrrole nitrogens is 2. The average Bonchev–Trinajstić information content (AvgIpc) is 1.49. The van der Waals surface area contributed by atoms with Crippen molar-refractivity contribution < 1.29 is 19.8 Å². The maximum Gasteiger partial charge on any atom is 0.259 e. The fourth-order valence-electron chi connectivity index (χ4n) is 12.4. The number of nitrogens with zero attached hydrogens (tertiary/aromatic N) is 5. The van der Waals surface area contributed by atoms with Gasteiger partial charge in [0.25, 0.3) is 5.91 Å². The van der Waals surface area contributed by atoms with Crippen LogP contribution >= 0.6 is 0 Å². The standard InChI is InChI=1S/C79H60N10O4.CH4/c1-2-50-17-9-14-26-68(50)88-93-48-54-46-52-31-43-64-62-23-11-15-27-69(62)81-73(64)71(52)75(77(54)90)86-84-57-37-33-55(34-38-57)80-56-35-39-58(40-36-56)85-87-76-72-53(32-44-65-63-24-12-16-28-70(63)82-74(65)72)47-66(78(76)91)79(92)83-67-25-13-10-18-51(67)45-49-29-41-61(42-30-49)89(59-19-5-3-6-20-59)60-21-7-4-8-22-60;/h3-44,46-47,80-82,88,90-91H,2,45,48H2,1H3,(H,83,92);1H4. The average molecular weight is 1230 g/mol. The highest BCUT2D eigenvalue weighted by atomic mass is 16.6. The molecule has 0 aliphatic carbocycles. The van der Waals surface area contributed by atoms with Crippen molar-refractivity contribution in [2.75, 3.05) is 21.0 Å². The number of benzene rings is 13. The molecule has 94 heavy (non-hydrogen) atoms. The van der Waals surface area contributed by atoms with Gasteiger partial charge in [-0.05, 0) is 162 Å². The summed E-state index contributed by atoms with van der Waals surface area (Å²) in [5.41, 5.74) is 18.1. The topological polar surface area (TPSA) is 187 Å². The molecule has 2 aromatic heterocycles. The van der Waals surface area contributed by atoms with E-state index in [1.54, 1.807) is 6.07 Å². The number of amides is 1. The molecule has 0 spiro atoms. The number of azo groups is 2. The van der Waals surface area contributed by atoms with Crippen LogP contribution in [0.25, 0.3) is 65.2 Å². The molecule has 0 fully saturated rings. The number of aryl methyl sites for hydroxylation is 1. The molecule has 0 aliphatic heterocycles. The zero-order chi connectivity index (χ0) is 62.8. The Balaban J connectivity index is 0.00000763. The van der Waals surface area contributed by atoms with Gasteiger partial charge in [0.1, 0.15) is 23.7 Å². The van der Waals surface area contributed by atoms with Gasteiger partial charge in [0.2, 0.25) is 0 Å². The highest BCUT2D eigenvalue weighted by molar-refractivity contribution is 6.23. The number of rotatable bonds is 18. The number of aromatic amines is 2. The van der Waals surface area contributed by atoms with Crippen LogP contribution in [0.3, 0.4) is 0 Å². The monoisotopic (exact) mass is 1230 g/mol. The fraction of sp³-hybridized carbons (Fsp3) is 0.0625. The fourth-order valence-corrected chi connectivity index (χ4v) is 12.4. The first-order valence-corrected chi connectivity index (χ1v) is 30.8. The van der Waals surface area contributed by atoms with Gasteiger partial charge in [-0.1, -0.05) is 160 Å². The van der Waals surface area contributed by atoms with Crippen LogP contribution in [0.4, 0.5) is 62.6 Å². The third kappa shape index (κ3) is 11.6. The first-order chi connectivity index (χ1) is 45.8. The van der Waals surface area contributed by atoms with E-state index in [4.69, 9.17) is 15.1 Å². The Morgan fingerprint density at radius 1 is 0.468 bits per heavy atom. The minimum Gasteiger partial charge on any atom is -0.505 e. The molecule has 14 nitrogen and oxygen atoms in total. The summed E-state index contributed by atoms with van der Waals surface area (Å²) in [7, 11) is 0. The van der Waals surface area contributed by atoms with Gasteiger partial charge < -0.3 is 35.7 Å². The number of carbonyl (C=O) groups is 1. The first-order valence-electron chi connectivity index (χ1n) is 30.8. The Hall–Kier alpha value is -12.4. The van der Waals surface area contributed by atoms with Gasteiger partial charge in [0.05, 0.1) is 33.7 Å². The number of para-hydroxylation sites is 6. The van der Waals surface area contributed by atoms with E-state index >= 15 is 0 Å². The van der Waals surface area contributed by atoms with Crippen molar-refractivity contribution in [3.63, 3.8) is 0 Å².